The molecule has 1 unspecified atom stereocenters. The molecule has 1 saturated carbocycles. The molecule has 0 bridgehead atoms. The van der Waals surface area contributed by atoms with Crippen LogP contribution in [0, 0.1) is 0 Å². The fourth-order valence-corrected chi connectivity index (χ4v) is 1.68. The highest BCUT2D eigenvalue weighted by Gasteiger charge is 2.20. The van der Waals surface area contributed by atoms with Gasteiger partial charge < -0.3 is 5.32 Å². The molecule has 1 rings (SSSR count). The lowest BCUT2D eigenvalue weighted by Gasteiger charge is -2.14. The molecule has 0 heterocycles. The highest BCUT2D eigenvalue weighted by atomic mass is 79.9. The first kappa shape index (κ1) is 10.0. The van der Waals surface area contributed by atoms with Crippen LogP contribution in [0.5, 0.6) is 0 Å². The molecular weight excluding hydrogens is 218 g/mol. The highest BCUT2D eigenvalue weighted by molar-refractivity contribution is 9.10. The van der Waals surface area contributed by atoms with E-state index >= 15 is 0 Å². The molecule has 1 atom stereocenters. The van der Waals surface area contributed by atoms with Crippen LogP contribution in [0.15, 0.2) is 0 Å². The number of amides is 1. The Morgan fingerprint density at radius 3 is 2.67 bits per heavy atom. The van der Waals surface area contributed by atoms with E-state index in [0.717, 1.165) is 19.3 Å². The van der Waals surface area contributed by atoms with Gasteiger partial charge in [-0.05, 0) is 19.3 Å². The summed E-state index contributed by atoms with van der Waals surface area (Å²) >= 11 is 3.34. The van der Waals surface area contributed by atoms with Gasteiger partial charge in [0.25, 0.3) is 0 Å². The van der Waals surface area contributed by atoms with Crippen LogP contribution in [0.2, 0.25) is 0 Å². The lowest BCUT2D eigenvalue weighted by Crippen LogP contribution is -2.37. The Morgan fingerprint density at radius 1 is 1.58 bits per heavy atom. The third-order valence-electron chi connectivity index (χ3n) is 2.34. The van der Waals surface area contributed by atoms with E-state index in [9.17, 15) is 4.79 Å². The Morgan fingerprint density at radius 2 is 2.17 bits per heavy atom. The number of hydrogen-bond acceptors (Lipinski definition) is 1. The van der Waals surface area contributed by atoms with Crippen LogP contribution in [0.3, 0.4) is 0 Å². The van der Waals surface area contributed by atoms with E-state index in [-0.39, 0.29) is 10.7 Å². The number of carbonyl (C=O) groups is 1. The second-order valence-electron chi connectivity index (χ2n) is 3.37. The van der Waals surface area contributed by atoms with Crippen molar-refractivity contribution in [2.24, 2.45) is 0 Å². The molecule has 0 saturated heterocycles. The zero-order valence-corrected chi connectivity index (χ0v) is 9.06. The van der Waals surface area contributed by atoms with Gasteiger partial charge in [0, 0.05) is 6.04 Å². The molecule has 0 aliphatic heterocycles. The minimum Gasteiger partial charge on any atom is -0.352 e. The Bertz CT molecular complexity index is 155. The van der Waals surface area contributed by atoms with Gasteiger partial charge in [0.15, 0.2) is 0 Å². The topological polar surface area (TPSA) is 29.1 Å². The lowest BCUT2D eigenvalue weighted by atomic mass is 10.2. The summed E-state index contributed by atoms with van der Waals surface area (Å²) in [5.74, 6) is 0.157. The van der Waals surface area contributed by atoms with Crippen molar-refractivity contribution in [1.82, 2.24) is 5.32 Å². The van der Waals surface area contributed by atoms with Crippen LogP contribution in [0.25, 0.3) is 0 Å². The summed E-state index contributed by atoms with van der Waals surface area (Å²) in [6.07, 6.45) is 5.72. The van der Waals surface area contributed by atoms with Crippen molar-refractivity contribution in [3.8, 4) is 0 Å². The molecule has 3 heteroatoms. The van der Waals surface area contributed by atoms with Crippen molar-refractivity contribution in [1.29, 1.82) is 0 Å². The van der Waals surface area contributed by atoms with E-state index in [2.05, 4.69) is 21.2 Å². The number of carbonyl (C=O) groups excluding carboxylic acids is 1. The monoisotopic (exact) mass is 233 g/mol. The van der Waals surface area contributed by atoms with E-state index in [1.807, 2.05) is 6.92 Å². The molecule has 2 nitrogen and oxygen atoms in total. The van der Waals surface area contributed by atoms with Crippen LogP contribution < -0.4 is 5.32 Å². The van der Waals surface area contributed by atoms with Crippen LogP contribution in [0.1, 0.15) is 39.0 Å². The largest absolute Gasteiger partial charge is 0.352 e. The smallest absolute Gasteiger partial charge is 0.233 e. The molecule has 1 aliphatic rings. The van der Waals surface area contributed by atoms with E-state index in [0.29, 0.717) is 6.04 Å². The van der Waals surface area contributed by atoms with Crippen LogP contribution in [-0.4, -0.2) is 16.8 Å². The SMILES string of the molecule is CCC(Br)C(=O)NC1CCCC1. The van der Waals surface area contributed by atoms with Gasteiger partial charge >= 0.3 is 0 Å². The van der Waals surface area contributed by atoms with Crippen molar-refractivity contribution in [3.63, 3.8) is 0 Å². The van der Waals surface area contributed by atoms with Gasteiger partial charge in [0.2, 0.25) is 5.91 Å². The normalized spacial score (nSPS) is 20.8. The van der Waals surface area contributed by atoms with Gasteiger partial charge in [0.05, 0.1) is 4.83 Å². The molecule has 70 valence electrons. The van der Waals surface area contributed by atoms with Gasteiger partial charge in [-0.2, -0.15) is 0 Å². The van der Waals surface area contributed by atoms with Crippen molar-refractivity contribution in [2.45, 2.75) is 49.9 Å². The highest BCUT2D eigenvalue weighted by Crippen LogP contribution is 2.18. The lowest BCUT2D eigenvalue weighted by molar-refractivity contribution is -0.121. The number of halogens is 1. The van der Waals surface area contributed by atoms with Crippen molar-refractivity contribution >= 4 is 21.8 Å². The summed E-state index contributed by atoms with van der Waals surface area (Å²) < 4.78 is 0. The van der Waals surface area contributed by atoms with E-state index in [1.54, 1.807) is 0 Å². The first-order valence-electron chi connectivity index (χ1n) is 4.68. The van der Waals surface area contributed by atoms with Gasteiger partial charge in [0.1, 0.15) is 0 Å². The average molecular weight is 234 g/mol. The quantitative estimate of drug-likeness (QED) is 0.745. The summed E-state index contributed by atoms with van der Waals surface area (Å²) in [5.41, 5.74) is 0. The molecule has 0 aromatic heterocycles. The second kappa shape index (κ2) is 4.85. The fraction of sp³-hybridized carbons (Fsp3) is 0.889. The van der Waals surface area contributed by atoms with Gasteiger partial charge in [-0.25, -0.2) is 0 Å². The summed E-state index contributed by atoms with van der Waals surface area (Å²) in [5, 5.41) is 3.04. The molecule has 0 aromatic rings. The second-order valence-corrected chi connectivity index (χ2v) is 4.47. The van der Waals surface area contributed by atoms with E-state index < -0.39 is 0 Å². The zero-order valence-electron chi connectivity index (χ0n) is 7.48. The fourth-order valence-electron chi connectivity index (χ4n) is 1.55. The average Bonchev–Trinajstić information content (AvgIpc) is 2.55. The number of nitrogens with one attached hydrogen (secondary N) is 1. The minimum atomic E-state index is -0.00176. The standard InChI is InChI=1S/C9H16BrNO/c1-2-8(10)9(12)11-7-5-3-4-6-7/h7-8H,2-6H2,1H3,(H,11,12). The molecule has 1 aliphatic carbocycles. The Hall–Kier alpha value is -0.0500. The summed E-state index contributed by atoms with van der Waals surface area (Å²) in [7, 11) is 0. The van der Waals surface area contributed by atoms with Crippen molar-refractivity contribution < 1.29 is 4.79 Å². The molecule has 12 heavy (non-hydrogen) atoms. The summed E-state index contributed by atoms with van der Waals surface area (Å²) in [6.45, 7) is 2.01. The first-order valence-corrected chi connectivity index (χ1v) is 5.60. The Balaban J connectivity index is 2.25. The van der Waals surface area contributed by atoms with Gasteiger partial charge in [-0.3, -0.25) is 4.79 Å². The summed E-state index contributed by atoms with van der Waals surface area (Å²) in [4.78, 5) is 11.4. The maximum Gasteiger partial charge on any atom is 0.233 e. The first-order chi connectivity index (χ1) is 5.74. The molecule has 0 radical (unpaired) electrons. The van der Waals surface area contributed by atoms with Crippen LogP contribution in [-0.2, 0) is 4.79 Å². The molecule has 0 spiro atoms. The molecular formula is C9H16BrNO. The van der Waals surface area contributed by atoms with E-state index in [4.69, 9.17) is 0 Å². The maximum atomic E-state index is 11.4. The van der Waals surface area contributed by atoms with Crippen LogP contribution >= 0.6 is 15.9 Å². The third kappa shape index (κ3) is 2.77. The van der Waals surface area contributed by atoms with Crippen molar-refractivity contribution in [3.05, 3.63) is 0 Å². The molecule has 1 fully saturated rings. The minimum absolute atomic E-state index is 0.00176. The predicted molar refractivity (Wildman–Crippen MR) is 53.4 cm³/mol. The Labute approximate surface area is 82.2 Å². The van der Waals surface area contributed by atoms with Crippen LogP contribution in [0.4, 0.5) is 0 Å². The number of rotatable bonds is 3. The molecule has 0 aromatic carbocycles. The maximum absolute atomic E-state index is 11.4. The predicted octanol–water partition coefficient (Wildman–Crippen LogP) is 2.22. The summed E-state index contributed by atoms with van der Waals surface area (Å²) in [6, 6.07) is 0.448. The number of alkyl halides is 1. The molecule has 1 N–H and O–H groups in total. The Kier molecular flexibility index (Phi) is 4.06. The van der Waals surface area contributed by atoms with Gasteiger partial charge in [-0.15, -0.1) is 0 Å². The van der Waals surface area contributed by atoms with E-state index in [1.165, 1.54) is 12.8 Å². The molecule has 1 amide bonds. The number of hydrogen-bond donors (Lipinski definition) is 1. The van der Waals surface area contributed by atoms with Gasteiger partial charge in [-0.1, -0.05) is 35.7 Å². The zero-order chi connectivity index (χ0) is 8.97. The third-order valence-corrected chi connectivity index (χ3v) is 3.41. The van der Waals surface area contributed by atoms with Crippen molar-refractivity contribution in [2.75, 3.05) is 0 Å².